The van der Waals surface area contributed by atoms with Crippen LogP contribution in [0.1, 0.15) is 30.9 Å². The van der Waals surface area contributed by atoms with Crippen LogP contribution in [0.2, 0.25) is 0 Å². The zero-order valence-corrected chi connectivity index (χ0v) is 19.5. The smallest absolute Gasteiger partial charge is 0.356 e. The molecule has 1 saturated heterocycles. The van der Waals surface area contributed by atoms with E-state index in [1.807, 2.05) is 6.07 Å². The van der Waals surface area contributed by atoms with Crippen molar-refractivity contribution in [2.75, 3.05) is 53.4 Å². The standard InChI is InChI=1S/C20H32F3N5.HI/c1-24-19(25-11-8-12-27(2)16-20(21,22)23)26-15-18(28-13-6-7-14-28)17-9-4-3-5-10-17;/h3-5,9-10,18H,6-8,11-16H2,1-2H3,(H2,24,25,26);1H. The van der Waals surface area contributed by atoms with Crippen LogP contribution in [0.3, 0.4) is 0 Å². The Hall–Kier alpha value is -1.07. The molecule has 0 bridgehead atoms. The molecular weight excluding hydrogens is 494 g/mol. The zero-order valence-electron chi connectivity index (χ0n) is 17.2. The third-order valence-electron chi connectivity index (χ3n) is 4.91. The molecule has 166 valence electrons. The third-order valence-corrected chi connectivity index (χ3v) is 4.91. The van der Waals surface area contributed by atoms with E-state index in [0.717, 1.165) is 19.6 Å². The number of halogens is 4. The maximum absolute atomic E-state index is 12.4. The van der Waals surface area contributed by atoms with E-state index in [2.05, 4.69) is 44.8 Å². The van der Waals surface area contributed by atoms with E-state index in [0.29, 0.717) is 25.5 Å². The maximum atomic E-state index is 12.4. The first kappa shape index (κ1) is 26.0. The second kappa shape index (κ2) is 13.3. The van der Waals surface area contributed by atoms with Crippen LogP contribution in [-0.2, 0) is 0 Å². The Bertz CT molecular complexity index is 592. The van der Waals surface area contributed by atoms with Crippen LogP contribution >= 0.6 is 24.0 Å². The van der Waals surface area contributed by atoms with Crippen molar-refractivity contribution in [1.29, 1.82) is 0 Å². The van der Waals surface area contributed by atoms with Crippen molar-refractivity contribution in [2.45, 2.75) is 31.5 Å². The van der Waals surface area contributed by atoms with E-state index in [9.17, 15) is 13.2 Å². The molecule has 0 aromatic heterocycles. The van der Waals surface area contributed by atoms with Gasteiger partial charge < -0.3 is 10.6 Å². The monoisotopic (exact) mass is 527 g/mol. The van der Waals surface area contributed by atoms with E-state index in [1.54, 1.807) is 7.05 Å². The summed E-state index contributed by atoms with van der Waals surface area (Å²) in [5.74, 6) is 0.679. The molecule has 0 radical (unpaired) electrons. The minimum Gasteiger partial charge on any atom is -0.356 e. The van der Waals surface area contributed by atoms with Crippen LogP contribution in [0, 0.1) is 0 Å². The molecule has 9 heteroatoms. The zero-order chi connectivity index (χ0) is 20.4. The Balaban J connectivity index is 0.00000420. The van der Waals surface area contributed by atoms with Crippen LogP contribution < -0.4 is 10.6 Å². The fourth-order valence-electron chi connectivity index (χ4n) is 3.54. The van der Waals surface area contributed by atoms with Gasteiger partial charge in [-0.25, -0.2) is 0 Å². The summed E-state index contributed by atoms with van der Waals surface area (Å²) in [6, 6.07) is 10.7. The summed E-state index contributed by atoms with van der Waals surface area (Å²) >= 11 is 0. The highest BCUT2D eigenvalue weighted by Gasteiger charge is 2.28. The number of nitrogens with one attached hydrogen (secondary N) is 2. The van der Waals surface area contributed by atoms with Crippen molar-refractivity contribution in [1.82, 2.24) is 20.4 Å². The van der Waals surface area contributed by atoms with Gasteiger partial charge in [-0.3, -0.25) is 14.8 Å². The van der Waals surface area contributed by atoms with Crippen molar-refractivity contribution in [3.63, 3.8) is 0 Å². The summed E-state index contributed by atoms with van der Waals surface area (Å²) in [5.41, 5.74) is 1.28. The molecule has 2 rings (SSSR count). The van der Waals surface area contributed by atoms with Gasteiger partial charge in [0.05, 0.1) is 12.6 Å². The molecule has 29 heavy (non-hydrogen) atoms. The molecule has 1 fully saturated rings. The highest BCUT2D eigenvalue weighted by Crippen LogP contribution is 2.24. The summed E-state index contributed by atoms with van der Waals surface area (Å²) in [4.78, 5) is 8.01. The third kappa shape index (κ3) is 9.99. The molecular formula is C20H33F3IN5. The van der Waals surface area contributed by atoms with Crippen molar-refractivity contribution < 1.29 is 13.2 Å². The molecule has 1 aliphatic heterocycles. The molecule has 0 amide bonds. The van der Waals surface area contributed by atoms with Crippen molar-refractivity contribution in [2.24, 2.45) is 4.99 Å². The highest BCUT2D eigenvalue weighted by molar-refractivity contribution is 14.0. The SMILES string of the molecule is CN=C(NCCCN(C)CC(F)(F)F)NCC(c1ccccc1)N1CCCC1.I. The largest absolute Gasteiger partial charge is 0.401 e. The normalized spacial score (nSPS) is 16.6. The van der Waals surface area contributed by atoms with E-state index in [4.69, 9.17) is 0 Å². The van der Waals surface area contributed by atoms with Crippen LogP contribution in [0.15, 0.2) is 35.3 Å². The lowest BCUT2D eigenvalue weighted by atomic mass is 10.1. The Kier molecular flexibility index (Phi) is 11.9. The number of nitrogens with zero attached hydrogens (tertiary/aromatic N) is 3. The van der Waals surface area contributed by atoms with Gasteiger partial charge in [0.25, 0.3) is 0 Å². The van der Waals surface area contributed by atoms with Crippen LogP contribution in [-0.4, -0.2) is 75.3 Å². The predicted octanol–water partition coefficient (Wildman–Crippen LogP) is 3.49. The van der Waals surface area contributed by atoms with Gasteiger partial charge in [-0.2, -0.15) is 13.2 Å². The molecule has 1 aliphatic rings. The number of guanidine groups is 1. The summed E-state index contributed by atoms with van der Waals surface area (Å²) in [6.07, 6.45) is -1.09. The van der Waals surface area contributed by atoms with Crippen molar-refractivity contribution in [3.05, 3.63) is 35.9 Å². The van der Waals surface area contributed by atoms with Crippen molar-refractivity contribution in [3.8, 4) is 0 Å². The second-order valence-electron chi connectivity index (χ2n) is 7.26. The molecule has 0 spiro atoms. The number of hydrogen-bond acceptors (Lipinski definition) is 3. The lowest BCUT2D eigenvalue weighted by Gasteiger charge is -2.29. The van der Waals surface area contributed by atoms with Crippen molar-refractivity contribution >= 4 is 29.9 Å². The van der Waals surface area contributed by atoms with Crippen LogP contribution in [0.25, 0.3) is 0 Å². The molecule has 1 aromatic rings. The fourth-order valence-corrected chi connectivity index (χ4v) is 3.54. The van der Waals surface area contributed by atoms with Crippen LogP contribution in [0.4, 0.5) is 13.2 Å². The van der Waals surface area contributed by atoms with Gasteiger partial charge in [0, 0.05) is 20.1 Å². The number of benzene rings is 1. The Labute approximate surface area is 189 Å². The van der Waals surface area contributed by atoms with Gasteiger partial charge in [-0.05, 0) is 51.5 Å². The number of alkyl halides is 3. The van der Waals surface area contributed by atoms with Gasteiger partial charge in [0.15, 0.2) is 5.96 Å². The maximum Gasteiger partial charge on any atom is 0.401 e. The summed E-state index contributed by atoms with van der Waals surface area (Å²) < 4.78 is 37.1. The molecule has 5 nitrogen and oxygen atoms in total. The van der Waals surface area contributed by atoms with Gasteiger partial charge in [-0.1, -0.05) is 30.3 Å². The Morgan fingerprint density at radius 2 is 1.83 bits per heavy atom. The average molecular weight is 527 g/mol. The number of likely N-dealkylation sites (tertiary alicyclic amines) is 1. The van der Waals surface area contributed by atoms with E-state index >= 15 is 0 Å². The number of rotatable bonds is 9. The lowest BCUT2D eigenvalue weighted by Crippen LogP contribution is -2.43. The van der Waals surface area contributed by atoms with E-state index < -0.39 is 12.7 Å². The number of aliphatic imine (C=N–C) groups is 1. The number of hydrogen-bond donors (Lipinski definition) is 2. The van der Waals surface area contributed by atoms with E-state index in [1.165, 1.54) is 30.4 Å². The summed E-state index contributed by atoms with van der Waals surface area (Å²) in [5, 5.41) is 6.57. The first-order chi connectivity index (χ1) is 13.4. The van der Waals surface area contributed by atoms with E-state index in [-0.39, 0.29) is 30.0 Å². The highest BCUT2D eigenvalue weighted by atomic mass is 127. The molecule has 2 N–H and O–H groups in total. The molecule has 0 aliphatic carbocycles. The average Bonchev–Trinajstić information content (AvgIpc) is 3.17. The Morgan fingerprint density at radius 1 is 1.17 bits per heavy atom. The quantitative estimate of drug-likeness (QED) is 0.224. The van der Waals surface area contributed by atoms with Crippen LogP contribution in [0.5, 0.6) is 0 Å². The van der Waals surface area contributed by atoms with Gasteiger partial charge in [0.1, 0.15) is 0 Å². The predicted molar refractivity (Wildman–Crippen MR) is 123 cm³/mol. The minimum atomic E-state index is -4.15. The van der Waals surface area contributed by atoms with Gasteiger partial charge >= 0.3 is 6.18 Å². The van der Waals surface area contributed by atoms with Gasteiger partial charge in [-0.15, -0.1) is 24.0 Å². The second-order valence-corrected chi connectivity index (χ2v) is 7.26. The molecule has 1 atom stereocenters. The first-order valence-corrected chi connectivity index (χ1v) is 9.88. The summed E-state index contributed by atoms with van der Waals surface area (Å²) in [7, 11) is 3.19. The molecule has 1 unspecified atom stereocenters. The Morgan fingerprint density at radius 3 is 2.41 bits per heavy atom. The molecule has 1 heterocycles. The minimum absolute atomic E-state index is 0. The molecule has 0 saturated carbocycles. The topological polar surface area (TPSA) is 42.9 Å². The molecule has 1 aromatic carbocycles. The van der Waals surface area contributed by atoms with Gasteiger partial charge in [0.2, 0.25) is 0 Å². The summed E-state index contributed by atoms with van der Waals surface area (Å²) in [6.45, 7) is 3.00. The lowest BCUT2D eigenvalue weighted by molar-refractivity contribution is -0.143. The fraction of sp³-hybridized carbons (Fsp3) is 0.650. The first-order valence-electron chi connectivity index (χ1n) is 9.88.